The molecule has 12 heteroatoms. The number of aromatic nitrogens is 1. The van der Waals surface area contributed by atoms with Crippen LogP contribution < -0.4 is 15.5 Å². The van der Waals surface area contributed by atoms with Crippen LogP contribution in [-0.2, 0) is 14.5 Å². The summed E-state index contributed by atoms with van der Waals surface area (Å²) in [6.07, 6.45) is 2.70. The van der Waals surface area contributed by atoms with Crippen molar-refractivity contribution in [3.8, 4) is 11.1 Å². The Hall–Kier alpha value is -3.41. The van der Waals surface area contributed by atoms with Crippen molar-refractivity contribution in [1.29, 1.82) is 0 Å². The molecule has 41 heavy (non-hydrogen) atoms. The molecule has 2 aromatic carbocycles. The summed E-state index contributed by atoms with van der Waals surface area (Å²) in [6.45, 7) is 2.12. The highest BCUT2D eigenvalue weighted by molar-refractivity contribution is 7.93. The van der Waals surface area contributed by atoms with Gasteiger partial charge in [-0.25, -0.2) is 18.0 Å². The quantitative estimate of drug-likeness (QED) is 0.354. The maximum atomic E-state index is 14.2. The van der Waals surface area contributed by atoms with Gasteiger partial charge in [0.15, 0.2) is 0 Å². The van der Waals surface area contributed by atoms with E-state index in [1.165, 1.54) is 12.3 Å². The molecule has 2 heterocycles. The number of anilines is 2. The van der Waals surface area contributed by atoms with Crippen LogP contribution in [0.25, 0.3) is 11.1 Å². The number of alkyl halides is 2. The summed E-state index contributed by atoms with van der Waals surface area (Å²) in [5, 5.41) is 6.09. The molecular formula is C29H32ClF2N5O3S. The van der Waals surface area contributed by atoms with Crippen molar-refractivity contribution in [2.45, 2.75) is 37.0 Å². The summed E-state index contributed by atoms with van der Waals surface area (Å²) >= 11 is 6.07. The van der Waals surface area contributed by atoms with E-state index in [0.29, 0.717) is 34.2 Å². The van der Waals surface area contributed by atoms with Crippen molar-refractivity contribution < 1.29 is 22.6 Å². The molecule has 1 fully saturated rings. The maximum absolute atomic E-state index is 14.2. The summed E-state index contributed by atoms with van der Waals surface area (Å²) in [6, 6.07) is 13.4. The van der Waals surface area contributed by atoms with Crippen molar-refractivity contribution in [2.75, 3.05) is 43.2 Å². The molecule has 1 aliphatic rings. The van der Waals surface area contributed by atoms with Gasteiger partial charge in [0.25, 0.3) is 11.8 Å². The third kappa shape index (κ3) is 7.46. The molecule has 4 rings (SSSR count). The molecule has 2 amide bonds. The molecule has 0 spiro atoms. The fourth-order valence-corrected chi connectivity index (χ4v) is 6.09. The third-order valence-electron chi connectivity index (χ3n) is 6.85. The second kappa shape index (κ2) is 12.6. The molecule has 1 saturated heterocycles. The van der Waals surface area contributed by atoms with Crippen LogP contribution in [0.3, 0.4) is 0 Å². The number of hydrogen-bond acceptors (Lipinski definition) is 6. The minimum atomic E-state index is -3.07. The second-order valence-corrected chi connectivity index (χ2v) is 12.7. The van der Waals surface area contributed by atoms with Gasteiger partial charge in [-0.2, -0.15) is 4.36 Å². The van der Waals surface area contributed by atoms with Crippen molar-refractivity contribution in [1.82, 2.24) is 10.3 Å². The average Bonchev–Trinajstić information content (AvgIpc) is 3.09. The van der Waals surface area contributed by atoms with Crippen molar-refractivity contribution in [3.63, 3.8) is 0 Å². The molecule has 0 aliphatic carbocycles. The number of carbonyl (C=O) groups excluding carboxylic acids is 2. The first-order valence-corrected chi connectivity index (χ1v) is 15.4. The number of nitrogens with zero attached hydrogens (tertiary/aromatic N) is 3. The Kier molecular flexibility index (Phi) is 9.41. The van der Waals surface area contributed by atoms with Crippen LogP contribution in [-0.4, -0.2) is 59.9 Å². The average molecular weight is 604 g/mol. The van der Waals surface area contributed by atoms with Gasteiger partial charge in [0.2, 0.25) is 5.92 Å². The smallest absolute Gasteiger partial charge is 0.267 e. The van der Waals surface area contributed by atoms with Gasteiger partial charge in [0, 0.05) is 59.6 Å². The predicted octanol–water partition coefficient (Wildman–Crippen LogP) is 5.79. The van der Waals surface area contributed by atoms with E-state index in [1.54, 1.807) is 55.4 Å². The van der Waals surface area contributed by atoms with E-state index in [9.17, 15) is 22.6 Å². The van der Waals surface area contributed by atoms with E-state index in [4.69, 9.17) is 11.6 Å². The maximum Gasteiger partial charge on any atom is 0.267 e. The number of benzene rings is 2. The number of hydrogen-bond donors (Lipinski definition) is 2. The monoisotopic (exact) mass is 603 g/mol. The van der Waals surface area contributed by atoms with Crippen LogP contribution in [0, 0.1) is 6.92 Å². The Morgan fingerprint density at radius 2 is 1.88 bits per heavy atom. The lowest BCUT2D eigenvalue weighted by Crippen LogP contribution is -2.30. The summed E-state index contributed by atoms with van der Waals surface area (Å²) in [4.78, 5) is 32.5. The zero-order chi connectivity index (χ0) is 29.8. The van der Waals surface area contributed by atoms with Crippen LogP contribution in [0.5, 0.6) is 0 Å². The van der Waals surface area contributed by atoms with E-state index in [2.05, 4.69) is 20.0 Å². The van der Waals surface area contributed by atoms with Gasteiger partial charge in [-0.1, -0.05) is 29.8 Å². The van der Waals surface area contributed by atoms with Crippen LogP contribution in [0.2, 0.25) is 5.02 Å². The Labute approximate surface area is 243 Å². The van der Waals surface area contributed by atoms with Crippen molar-refractivity contribution in [3.05, 3.63) is 70.9 Å². The largest absolute Gasteiger partial charge is 0.356 e. The number of amides is 2. The Morgan fingerprint density at radius 3 is 2.59 bits per heavy atom. The van der Waals surface area contributed by atoms with Gasteiger partial charge in [-0.15, -0.1) is 0 Å². The standard InChI is InChI=1S/C29H32ClF2N5O3S/c1-19-24(20-8-10-21(30)11-9-20)17-34-27(37-14-5-12-29(31,32)13-15-37)26(19)28(39)35-22-6-4-7-23(16-22)41(3,40)36-25(38)18-33-2/h4,6-11,16-17,33H,5,12-15,18H2,1-3H3,(H,35,39)/t41-/m1/s1. The molecule has 0 bridgehead atoms. The molecule has 8 nitrogen and oxygen atoms in total. The van der Waals surface area contributed by atoms with Gasteiger partial charge >= 0.3 is 0 Å². The van der Waals surface area contributed by atoms with E-state index in [0.717, 1.165) is 5.56 Å². The summed E-state index contributed by atoms with van der Waals surface area (Å²) < 4.78 is 45.3. The molecule has 1 aromatic heterocycles. The molecule has 2 N–H and O–H groups in total. The molecule has 0 unspecified atom stereocenters. The predicted molar refractivity (Wildman–Crippen MR) is 159 cm³/mol. The Bertz CT molecular complexity index is 1570. The molecule has 0 saturated carbocycles. The van der Waals surface area contributed by atoms with E-state index < -0.39 is 27.5 Å². The Morgan fingerprint density at radius 1 is 1.15 bits per heavy atom. The van der Waals surface area contributed by atoms with Gasteiger partial charge in [-0.3, -0.25) is 9.59 Å². The third-order valence-corrected chi connectivity index (χ3v) is 8.78. The minimum Gasteiger partial charge on any atom is -0.356 e. The minimum absolute atomic E-state index is 0.0511. The molecule has 218 valence electrons. The lowest BCUT2D eigenvalue weighted by Gasteiger charge is -2.26. The lowest BCUT2D eigenvalue weighted by atomic mass is 9.97. The van der Waals surface area contributed by atoms with Gasteiger partial charge in [0.1, 0.15) is 5.82 Å². The first kappa shape index (κ1) is 30.5. The van der Waals surface area contributed by atoms with E-state index >= 15 is 0 Å². The first-order chi connectivity index (χ1) is 19.4. The summed E-state index contributed by atoms with van der Waals surface area (Å²) in [7, 11) is -1.48. The van der Waals surface area contributed by atoms with Gasteiger partial charge < -0.3 is 15.5 Å². The van der Waals surface area contributed by atoms with E-state index in [1.807, 2.05) is 12.1 Å². The van der Waals surface area contributed by atoms with Crippen molar-refractivity contribution >= 4 is 44.6 Å². The molecular weight excluding hydrogens is 572 g/mol. The number of pyridine rings is 1. The summed E-state index contributed by atoms with van der Waals surface area (Å²) in [5.41, 5.74) is 2.70. The van der Waals surface area contributed by atoms with Crippen LogP contribution in [0.4, 0.5) is 20.3 Å². The van der Waals surface area contributed by atoms with Crippen LogP contribution in [0.15, 0.2) is 64.0 Å². The van der Waals surface area contributed by atoms with Crippen LogP contribution >= 0.6 is 11.6 Å². The fourth-order valence-electron chi connectivity index (χ4n) is 4.73. The topological polar surface area (TPSA) is 104 Å². The number of rotatable bonds is 7. The van der Waals surface area contributed by atoms with Crippen LogP contribution in [0.1, 0.15) is 35.2 Å². The number of carbonyl (C=O) groups is 2. The molecule has 1 atom stereocenters. The Balaban J connectivity index is 1.74. The first-order valence-electron chi connectivity index (χ1n) is 13.1. The normalized spacial score (nSPS) is 16.4. The summed E-state index contributed by atoms with van der Waals surface area (Å²) in [5.74, 6) is -3.51. The second-order valence-electron chi connectivity index (χ2n) is 10.00. The highest BCUT2D eigenvalue weighted by Crippen LogP contribution is 2.35. The highest BCUT2D eigenvalue weighted by atomic mass is 35.5. The zero-order valence-electron chi connectivity index (χ0n) is 23.0. The van der Waals surface area contributed by atoms with Crippen molar-refractivity contribution in [2.24, 2.45) is 4.36 Å². The molecule has 0 radical (unpaired) electrons. The number of halogens is 3. The van der Waals surface area contributed by atoms with Gasteiger partial charge in [0.05, 0.1) is 21.8 Å². The lowest BCUT2D eigenvalue weighted by molar-refractivity contribution is -0.116. The van der Waals surface area contributed by atoms with E-state index in [-0.39, 0.29) is 42.8 Å². The SMILES string of the molecule is CNCC(=O)N=[S@](C)(=O)c1cccc(NC(=O)c2c(N3CCCC(F)(F)CC3)ncc(-c3ccc(Cl)cc3)c2C)c1. The zero-order valence-corrected chi connectivity index (χ0v) is 24.6. The molecule has 3 aromatic rings. The molecule has 1 aliphatic heterocycles. The van der Waals surface area contributed by atoms with Gasteiger partial charge in [-0.05, 0) is 61.9 Å². The fraction of sp³-hybridized carbons (Fsp3) is 0.345. The number of nitrogens with one attached hydrogen (secondary N) is 2. The highest BCUT2D eigenvalue weighted by Gasteiger charge is 2.33. The number of likely N-dealkylation sites (N-methyl/N-ethyl adjacent to an activating group) is 1.